The van der Waals surface area contributed by atoms with Crippen LogP contribution in [0.4, 0.5) is 0 Å². The van der Waals surface area contributed by atoms with Gasteiger partial charge in [0.25, 0.3) is 0 Å². The molecule has 2 aliphatic rings. The molecule has 2 saturated heterocycles. The molecule has 7 nitrogen and oxygen atoms in total. The molecule has 0 aliphatic carbocycles. The third-order valence-electron chi connectivity index (χ3n) is 6.27. The first-order chi connectivity index (χ1) is 14.4. The van der Waals surface area contributed by atoms with Crippen LogP contribution in [0, 0.1) is 25.7 Å². The summed E-state index contributed by atoms with van der Waals surface area (Å²) in [5.74, 6) is 4.31. The number of nitrogens with one attached hydrogen (secondary N) is 1. The third-order valence-corrected chi connectivity index (χ3v) is 6.27. The lowest BCUT2D eigenvalue weighted by Gasteiger charge is -2.37. The molecular formula is C23H43IN6O. The van der Waals surface area contributed by atoms with E-state index in [0.29, 0.717) is 5.92 Å². The average Bonchev–Trinajstić information content (AvgIpc) is 3.03. The Morgan fingerprint density at radius 2 is 1.77 bits per heavy atom. The standard InChI is InChI=1S/C23H42N6O.HI/c1-6-24-23(29-13-11-28(12-14-29)16-18(2)3)25-15-21-7-9-27(10-8-21)17-22-26-19(4)20(5)30-22;/h18,21H,6-17H2,1-5H3,(H,24,25);1H. The Balaban J connectivity index is 0.00000341. The molecule has 1 aromatic rings. The maximum Gasteiger partial charge on any atom is 0.208 e. The molecule has 0 unspecified atom stereocenters. The van der Waals surface area contributed by atoms with Gasteiger partial charge in [-0.15, -0.1) is 24.0 Å². The highest BCUT2D eigenvalue weighted by Gasteiger charge is 2.23. The summed E-state index contributed by atoms with van der Waals surface area (Å²) in [6.45, 7) is 21.3. The van der Waals surface area contributed by atoms with E-state index in [4.69, 9.17) is 9.41 Å². The lowest BCUT2D eigenvalue weighted by atomic mass is 9.97. The minimum Gasteiger partial charge on any atom is -0.444 e. The van der Waals surface area contributed by atoms with Gasteiger partial charge in [-0.25, -0.2) is 4.98 Å². The fraction of sp³-hybridized carbons (Fsp3) is 0.826. The van der Waals surface area contributed by atoms with Crippen molar-refractivity contribution < 1.29 is 4.42 Å². The van der Waals surface area contributed by atoms with E-state index in [1.165, 1.54) is 19.4 Å². The predicted molar refractivity (Wildman–Crippen MR) is 138 cm³/mol. The summed E-state index contributed by atoms with van der Waals surface area (Å²) < 4.78 is 5.75. The van der Waals surface area contributed by atoms with Crippen LogP contribution in [-0.4, -0.2) is 84.5 Å². The van der Waals surface area contributed by atoms with Gasteiger partial charge in [0.1, 0.15) is 5.76 Å². The van der Waals surface area contributed by atoms with Crippen LogP contribution < -0.4 is 5.32 Å². The second-order valence-electron chi connectivity index (χ2n) is 9.34. The SMILES string of the molecule is CCNC(=NCC1CCN(Cc2nc(C)c(C)o2)CC1)N1CCN(CC(C)C)CC1.I. The predicted octanol–water partition coefficient (Wildman–Crippen LogP) is 3.36. The lowest BCUT2D eigenvalue weighted by molar-refractivity contribution is 0.160. The number of aromatic nitrogens is 1. The Hall–Kier alpha value is -0.870. The number of nitrogens with zero attached hydrogens (tertiary/aromatic N) is 5. The van der Waals surface area contributed by atoms with Crippen LogP contribution in [0.25, 0.3) is 0 Å². The molecule has 8 heteroatoms. The minimum absolute atomic E-state index is 0. The van der Waals surface area contributed by atoms with Gasteiger partial charge in [0, 0.05) is 45.8 Å². The van der Waals surface area contributed by atoms with Crippen molar-refractivity contribution in [3.8, 4) is 0 Å². The Kier molecular flexibility index (Phi) is 11.1. The van der Waals surface area contributed by atoms with Crippen LogP contribution in [0.1, 0.15) is 51.0 Å². The number of aryl methyl sites for hydroxylation is 2. The maximum absolute atomic E-state index is 5.75. The normalized spacial score (nSPS) is 19.7. The second kappa shape index (κ2) is 13.0. The molecular weight excluding hydrogens is 503 g/mol. The molecule has 2 fully saturated rings. The molecule has 31 heavy (non-hydrogen) atoms. The number of piperazine rings is 1. The van der Waals surface area contributed by atoms with E-state index in [9.17, 15) is 0 Å². The van der Waals surface area contributed by atoms with Crippen LogP contribution in [-0.2, 0) is 6.54 Å². The van der Waals surface area contributed by atoms with E-state index in [1.54, 1.807) is 0 Å². The summed E-state index contributed by atoms with van der Waals surface area (Å²) >= 11 is 0. The fourth-order valence-corrected chi connectivity index (χ4v) is 4.43. The van der Waals surface area contributed by atoms with Gasteiger partial charge in [0.05, 0.1) is 12.2 Å². The summed E-state index contributed by atoms with van der Waals surface area (Å²) in [4.78, 5) is 17.1. The van der Waals surface area contributed by atoms with E-state index in [-0.39, 0.29) is 24.0 Å². The quantitative estimate of drug-likeness (QED) is 0.322. The van der Waals surface area contributed by atoms with Crippen molar-refractivity contribution in [2.24, 2.45) is 16.8 Å². The van der Waals surface area contributed by atoms with Crippen molar-refractivity contribution >= 4 is 29.9 Å². The lowest BCUT2D eigenvalue weighted by Crippen LogP contribution is -2.53. The third kappa shape index (κ3) is 8.20. The first-order valence-corrected chi connectivity index (χ1v) is 11.9. The van der Waals surface area contributed by atoms with Crippen molar-refractivity contribution in [3.05, 3.63) is 17.3 Å². The van der Waals surface area contributed by atoms with Crippen LogP contribution in [0.3, 0.4) is 0 Å². The number of guanidine groups is 1. The van der Waals surface area contributed by atoms with Gasteiger partial charge >= 0.3 is 0 Å². The van der Waals surface area contributed by atoms with E-state index in [1.807, 2.05) is 13.8 Å². The largest absolute Gasteiger partial charge is 0.444 e. The average molecular weight is 547 g/mol. The van der Waals surface area contributed by atoms with Gasteiger partial charge in [0.15, 0.2) is 5.96 Å². The number of halogens is 1. The van der Waals surface area contributed by atoms with Gasteiger partial charge in [-0.3, -0.25) is 14.8 Å². The van der Waals surface area contributed by atoms with Crippen molar-refractivity contribution in [2.45, 2.75) is 54.0 Å². The molecule has 0 atom stereocenters. The molecule has 3 rings (SSSR count). The minimum atomic E-state index is 0. The molecule has 2 aliphatic heterocycles. The Bertz CT molecular complexity index is 656. The molecule has 0 spiro atoms. The highest BCUT2D eigenvalue weighted by atomic mass is 127. The summed E-state index contributed by atoms with van der Waals surface area (Å²) in [5.41, 5.74) is 1.01. The highest BCUT2D eigenvalue weighted by molar-refractivity contribution is 14.0. The molecule has 178 valence electrons. The van der Waals surface area contributed by atoms with Crippen molar-refractivity contribution in [1.82, 2.24) is 25.0 Å². The van der Waals surface area contributed by atoms with Crippen LogP contribution >= 0.6 is 24.0 Å². The number of aliphatic imine (C=N–C) groups is 1. The van der Waals surface area contributed by atoms with Crippen molar-refractivity contribution in [1.29, 1.82) is 0 Å². The summed E-state index contributed by atoms with van der Waals surface area (Å²) in [7, 11) is 0. The summed E-state index contributed by atoms with van der Waals surface area (Å²) in [5, 5.41) is 3.52. The fourth-order valence-electron chi connectivity index (χ4n) is 4.43. The zero-order chi connectivity index (χ0) is 21.5. The second-order valence-corrected chi connectivity index (χ2v) is 9.34. The van der Waals surface area contributed by atoms with Crippen LogP contribution in [0.2, 0.25) is 0 Å². The number of oxazole rings is 1. The summed E-state index contributed by atoms with van der Waals surface area (Å²) in [6.07, 6.45) is 2.40. The summed E-state index contributed by atoms with van der Waals surface area (Å²) in [6, 6.07) is 0. The smallest absolute Gasteiger partial charge is 0.208 e. The van der Waals surface area contributed by atoms with E-state index in [0.717, 1.165) is 88.1 Å². The number of hydrogen-bond donors (Lipinski definition) is 1. The Morgan fingerprint density at radius 1 is 1.10 bits per heavy atom. The zero-order valence-corrected chi connectivity index (χ0v) is 22.5. The maximum atomic E-state index is 5.75. The van der Waals surface area contributed by atoms with E-state index in [2.05, 4.69) is 45.8 Å². The first kappa shape index (κ1) is 26.4. The van der Waals surface area contributed by atoms with Crippen LogP contribution in [0.15, 0.2) is 9.41 Å². The Labute approximate surface area is 206 Å². The van der Waals surface area contributed by atoms with Crippen molar-refractivity contribution in [3.63, 3.8) is 0 Å². The number of hydrogen-bond acceptors (Lipinski definition) is 5. The first-order valence-electron chi connectivity index (χ1n) is 11.9. The molecule has 0 saturated carbocycles. The molecule has 0 bridgehead atoms. The number of likely N-dealkylation sites (tertiary alicyclic amines) is 1. The van der Waals surface area contributed by atoms with Gasteiger partial charge in [-0.1, -0.05) is 13.8 Å². The highest BCUT2D eigenvalue weighted by Crippen LogP contribution is 2.20. The van der Waals surface area contributed by atoms with E-state index < -0.39 is 0 Å². The van der Waals surface area contributed by atoms with Gasteiger partial charge in [-0.2, -0.15) is 0 Å². The topological polar surface area (TPSA) is 60.1 Å². The van der Waals surface area contributed by atoms with Gasteiger partial charge in [0.2, 0.25) is 5.89 Å². The van der Waals surface area contributed by atoms with Gasteiger partial charge in [-0.05, 0) is 58.5 Å². The Morgan fingerprint density at radius 3 is 2.32 bits per heavy atom. The molecule has 0 aromatic carbocycles. The van der Waals surface area contributed by atoms with E-state index >= 15 is 0 Å². The van der Waals surface area contributed by atoms with Crippen molar-refractivity contribution in [2.75, 3.05) is 58.9 Å². The monoisotopic (exact) mass is 546 g/mol. The molecule has 0 amide bonds. The number of rotatable bonds is 7. The molecule has 0 radical (unpaired) electrons. The molecule has 1 N–H and O–H groups in total. The molecule has 3 heterocycles. The van der Waals surface area contributed by atoms with Crippen LogP contribution in [0.5, 0.6) is 0 Å². The molecule has 1 aromatic heterocycles. The van der Waals surface area contributed by atoms with Gasteiger partial charge < -0.3 is 14.6 Å². The zero-order valence-electron chi connectivity index (χ0n) is 20.2. The number of piperidine rings is 1.